The molecule has 30 heavy (non-hydrogen) atoms. The van der Waals surface area contributed by atoms with Gasteiger partial charge < -0.3 is 14.4 Å². The summed E-state index contributed by atoms with van der Waals surface area (Å²) >= 11 is 0. The molecule has 0 spiro atoms. The van der Waals surface area contributed by atoms with Gasteiger partial charge in [-0.25, -0.2) is 14.4 Å². The predicted octanol–water partition coefficient (Wildman–Crippen LogP) is 3.09. The van der Waals surface area contributed by atoms with Crippen LogP contribution in [0.2, 0.25) is 0 Å². The van der Waals surface area contributed by atoms with Gasteiger partial charge in [-0.1, -0.05) is 31.7 Å². The van der Waals surface area contributed by atoms with E-state index in [2.05, 4.69) is 16.5 Å². The standard InChI is InChI=1S/C20H21F4N3O3/c1-3-18(28)27-9-16(17(10-27)30-19-25-7-15(21)8-26-19)29-11-13-4-5-14(6-12(13)2)20(22,23)24/h3-8,12-13,16-17H,1,9-11H2,2H3/t12?,13?,16-,17-/m1/s1. The topological polar surface area (TPSA) is 64.6 Å². The highest BCUT2D eigenvalue weighted by molar-refractivity contribution is 5.87. The fourth-order valence-corrected chi connectivity index (χ4v) is 3.32. The second kappa shape index (κ2) is 8.95. The van der Waals surface area contributed by atoms with Crippen molar-refractivity contribution in [3.05, 3.63) is 54.7 Å². The summed E-state index contributed by atoms with van der Waals surface area (Å²) in [6, 6.07) is -0.0633. The summed E-state index contributed by atoms with van der Waals surface area (Å²) in [5, 5.41) is 0. The van der Waals surface area contributed by atoms with Crippen LogP contribution in [0, 0.1) is 17.7 Å². The van der Waals surface area contributed by atoms with E-state index < -0.39 is 29.8 Å². The van der Waals surface area contributed by atoms with Gasteiger partial charge >= 0.3 is 12.2 Å². The Morgan fingerprint density at radius 1 is 1.30 bits per heavy atom. The number of alkyl halides is 3. The van der Waals surface area contributed by atoms with Crippen LogP contribution >= 0.6 is 0 Å². The molecule has 0 N–H and O–H groups in total. The molecule has 1 aromatic rings. The molecule has 1 amide bonds. The van der Waals surface area contributed by atoms with Crippen molar-refractivity contribution in [2.24, 2.45) is 11.8 Å². The van der Waals surface area contributed by atoms with Crippen LogP contribution in [0.25, 0.3) is 0 Å². The Morgan fingerprint density at radius 2 is 1.97 bits per heavy atom. The summed E-state index contributed by atoms with van der Waals surface area (Å²) < 4.78 is 63.2. The molecule has 1 fully saturated rings. The molecule has 0 radical (unpaired) electrons. The van der Waals surface area contributed by atoms with Crippen LogP contribution in [0.15, 0.2) is 48.8 Å². The van der Waals surface area contributed by atoms with Gasteiger partial charge in [-0.2, -0.15) is 13.2 Å². The van der Waals surface area contributed by atoms with Gasteiger partial charge in [0.2, 0.25) is 5.91 Å². The quantitative estimate of drug-likeness (QED) is 0.516. The van der Waals surface area contributed by atoms with Crippen molar-refractivity contribution < 1.29 is 31.8 Å². The van der Waals surface area contributed by atoms with Crippen molar-refractivity contribution in [3.63, 3.8) is 0 Å². The maximum absolute atomic E-state index is 13.0. The number of hydrogen-bond acceptors (Lipinski definition) is 5. The maximum Gasteiger partial charge on any atom is 0.416 e. The fourth-order valence-electron chi connectivity index (χ4n) is 3.32. The van der Waals surface area contributed by atoms with E-state index in [9.17, 15) is 22.4 Å². The Labute approximate surface area is 170 Å². The van der Waals surface area contributed by atoms with Crippen LogP contribution in [-0.2, 0) is 9.53 Å². The van der Waals surface area contributed by atoms with Gasteiger partial charge in [-0.15, -0.1) is 0 Å². The minimum atomic E-state index is -4.39. The number of halogens is 4. The third kappa shape index (κ3) is 5.24. The number of aromatic nitrogens is 2. The number of rotatable bonds is 6. The first-order valence-electron chi connectivity index (χ1n) is 9.31. The Morgan fingerprint density at radius 3 is 2.57 bits per heavy atom. The van der Waals surface area contributed by atoms with Gasteiger partial charge in [0.1, 0.15) is 12.2 Å². The first-order valence-corrected chi connectivity index (χ1v) is 9.31. The molecule has 1 aromatic heterocycles. The number of carbonyl (C=O) groups is 1. The average Bonchev–Trinajstić information content (AvgIpc) is 3.10. The van der Waals surface area contributed by atoms with E-state index in [1.165, 1.54) is 23.1 Å². The molecule has 2 unspecified atom stereocenters. The van der Waals surface area contributed by atoms with Gasteiger partial charge in [0.25, 0.3) is 0 Å². The van der Waals surface area contributed by atoms with Crippen LogP contribution in [-0.4, -0.2) is 58.9 Å². The first kappa shape index (κ1) is 21.9. The van der Waals surface area contributed by atoms with Crippen LogP contribution < -0.4 is 4.74 Å². The van der Waals surface area contributed by atoms with Crippen LogP contribution in [0.1, 0.15) is 6.92 Å². The molecule has 1 aliphatic heterocycles. The van der Waals surface area contributed by atoms with Crippen LogP contribution in [0.3, 0.4) is 0 Å². The van der Waals surface area contributed by atoms with Crippen molar-refractivity contribution in [1.29, 1.82) is 0 Å². The zero-order valence-electron chi connectivity index (χ0n) is 16.2. The van der Waals surface area contributed by atoms with E-state index in [0.29, 0.717) is 0 Å². The lowest BCUT2D eigenvalue weighted by Crippen LogP contribution is -2.35. The summed E-state index contributed by atoms with van der Waals surface area (Å²) in [5.41, 5.74) is -0.676. The molecule has 10 heteroatoms. The van der Waals surface area contributed by atoms with Gasteiger partial charge in [-0.3, -0.25) is 4.79 Å². The van der Waals surface area contributed by atoms with Gasteiger partial charge in [0, 0.05) is 5.92 Å². The first-order chi connectivity index (χ1) is 14.2. The summed E-state index contributed by atoms with van der Waals surface area (Å²) in [5.74, 6) is -1.56. The smallest absolute Gasteiger partial charge is 0.416 e. The summed E-state index contributed by atoms with van der Waals surface area (Å²) in [6.07, 6.45) is 1.23. The van der Waals surface area contributed by atoms with E-state index in [1.807, 2.05) is 0 Å². The second-order valence-electron chi connectivity index (χ2n) is 7.16. The molecule has 2 heterocycles. The summed E-state index contributed by atoms with van der Waals surface area (Å²) in [4.78, 5) is 21.0. The Balaban J connectivity index is 1.65. The van der Waals surface area contributed by atoms with E-state index in [1.54, 1.807) is 6.92 Å². The molecule has 162 valence electrons. The highest BCUT2D eigenvalue weighted by Crippen LogP contribution is 2.33. The monoisotopic (exact) mass is 427 g/mol. The van der Waals surface area contributed by atoms with Gasteiger partial charge in [0.05, 0.1) is 37.7 Å². The normalized spacial score (nSPS) is 26.4. The Hall–Kier alpha value is -2.75. The third-order valence-corrected chi connectivity index (χ3v) is 5.03. The lowest BCUT2D eigenvalue weighted by molar-refractivity contribution is -0.125. The van der Waals surface area contributed by atoms with Crippen LogP contribution in [0.5, 0.6) is 6.01 Å². The zero-order valence-corrected chi connectivity index (χ0v) is 16.2. The number of amides is 1. The minimum Gasteiger partial charge on any atom is -0.455 e. The Kier molecular flexibility index (Phi) is 6.55. The van der Waals surface area contributed by atoms with E-state index >= 15 is 0 Å². The molecule has 4 atom stereocenters. The molecule has 0 aromatic carbocycles. The maximum atomic E-state index is 13.0. The number of ether oxygens (including phenoxy) is 2. The molecule has 2 aliphatic rings. The minimum absolute atomic E-state index is 0.0633. The van der Waals surface area contributed by atoms with Crippen molar-refractivity contribution in [2.75, 3.05) is 19.7 Å². The lowest BCUT2D eigenvalue weighted by atomic mass is 9.87. The van der Waals surface area contributed by atoms with Crippen molar-refractivity contribution in [3.8, 4) is 6.01 Å². The molecular formula is C20H21F4N3O3. The number of likely N-dealkylation sites (tertiary alicyclic amines) is 1. The molecule has 3 rings (SSSR count). The largest absolute Gasteiger partial charge is 0.455 e. The van der Waals surface area contributed by atoms with Crippen molar-refractivity contribution in [2.45, 2.75) is 25.3 Å². The number of carbonyl (C=O) groups excluding carboxylic acids is 1. The number of hydrogen-bond donors (Lipinski definition) is 0. The molecule has 6 nitrogen and oxygen atoms in total. The number of allylic oxidation sites excluding steroid dienone is 3. The van der Waals surface area contributed by atoms with Crippen molar-refractivity contribution >= 4 is 5.91 Å². The summed E-state index contributed by atoms with van der Waals surface area (Å²) in [7, 11) is 0. The Bertz CT molecular complexity index is 839. The average molecular weight is 427 g/mol. The van der Waals surface area contributed by atoms with E-state index in [0.717, 1.165) is 18.5 Å². The highest BCUT2D eigenvalue weighted by Gasteiger charge is 2.39. The second-order valence-corrected chi connectivity index (χ2v) is 7.16. The van der Waals surface area contributed by atoms with Crippen LogP contribution in [0.4, 0.5) is 17.6 Å². The SMILES string of the molecule is C=CC(=O)N1C[C@@H](OCC2C=CC(C(F)(F)F)=CC2C)[C@H](Oc2ncc(F)cn2)C1. The molecule has 1 saturated heterocycles. The molecule has 0 bridgehead atoms. The molecular weight excluding hydrogens is 406 g/mol. The fraction of sp³-hybridized carbons (Fsp3) is 0.450. The van der Waals surface area contributed by atoms with Gasteiger partial charge in [-0.05, 0) is 12.0 Å². The zero-order chi connectivity index (χ0) is 21.9. The molecule has 1 aliphatic carbocycles. The summed E-state index contributed by atoms with van der Waals surface area (Å²) in [6.45, 7) is 5.69. The molecule has 0 saturated carbocycles. The predicted molar refractivity (Wildman–Crippen MR) is 98.9 cm³/mol. The lowest BCUT2D eigenvalue weighted by Gasteiger charge is -2.26. The third-order valence-electron chi connectivity index (χ3n) is 5.03. The highest BCUT2D eigenvalue weighted by atomic mass is 19.4. The van der Waals surface area contributed by atoms with Crippen molar-refractivity contribution in [1.82, 2.24) is 14.9 Å². The van der Waals surface area contributed by atoms with Gasteiger partial charge in [0.15, 0.2) is 5.82 Å². The van der Waals surface area contributed by atoms with E-state index in [4.69, 9.17) is 9.47 Å². The van der Waals surface area contributed by atoms with E-state index in [-0.39, 0.29) is 43.4 Å². The number of nitrogens with zero attached hydrogens (tertiary/aromatic N) is 3.